The van der Waals surface area contributed by atoms with E-state index >= 15 is 0 Å². The van der Waals surface area contributed by atoms with E-state index in [1.54, 1.807) is 6.08 Å². The van der Waals surface area contributed by atoms with Gasteiger partial charge < -0.3 is 15.5 Å². The molecule has 0 spiro atoms. The molecule has 3 N–H and O–H groups in total. The van der Waals surface area contributed by atoms with Crippen molar-refractivity contribution >= 4 is 5.91 Å². The third-order valence-corrected chi connectivity index (χ3v) is 7.60. The molecule has 0 saturated heterocycles. The van der Waals surface area contributed by atoms with Crippen LogP contribution in [-0.2, 0) is 4.79 Å². The van der Waals surface area contributed by atoms with Gasteiger partial charge in [-0.15, -0.1) is 0 Å². The highest BCUT2D eigenvalue weighted by Gasteiger charge is 2.17. The molecule has 4 nitrogen and oxygen atoms in total. The van der Waals surface area contributed by atoms with E-state index < -0.39 is 12.1 Å². The molecular weight excluding hydrogens is 494 g/mol. The predicted octanol–water partition coefficient (Wildman–Crippen LogP) is 9.90. The molecule has 0 fully saturated rings. The van der Waals surface area contributed by atoms with Crippen molar-refractivity contribution in [2.45, 2.75) is 180 Å². The van der Waals surface area contributed by atoms with Gasteiger partial charge in [-0.25, -0.2) is 0 Å². The first-order valence-electron chi connectivity index (χ1n) is 17.2. The van der Waals surface area contributed by atoms with Crippen molar-refractivity contribution in [3.63, 3.8) is 0 Å². The smallest absolute Gasteiger partial charge is 0.220 e. The number of allylic oxidation sites excluding steroid dienone is 5. The maximum Gasteiger partial charge on any atom is 0.220 e. The van der Waals surface area contributed by atoms with Crippen LogP contribution in [0, 0.1) is 0 Å². The monoisotopic (exact) mass is 562 g/mol. The Hall–Kier alpha value is -1.39. The zero-order valence-corrected chi connectivity index (χ0v) is 26.6. The second-order valence-corrected chi connectivity index (χ2v) is 11.6. The molecular formula is C36H67NO3. The van der Waals surface area contributed by atoms with Crippen LogP contribution in [0.1, 0.15) is 168 Å². The Kier molecular flexibility index (Phi) is 31.0. The lowest BCUT2D eigenvalue weighted by molar-refractivity contribution is -0.123. The van der Waals surface area contributed by atoms with Gasteiger partial charge in [0.2, 0.25) is 5.91 Å². The lowest BCUT2D eigenvalue weighted by Gasteiger charge is -2.19. The van der Waals surface area contributed by atoms with Crippen molar-refractivity contribution in [3.05, 3.63) is 36.5 Å². The number of aliphatic hydroxyl groups is 2. The minimum Gasteiger partial charge on any atom is -0.394 e. The Morgan fingerprint density at radius 1 is 0.575 bits per heavy atom. The summed E-state index contributed by atoms with van der Waals surface area (Å²) in [6.07, 6.45) is 40.9. The summed E-state index contributed by atoms with van der Waals surface area (Å²) in [6, 6.07) is -0.639. The highest BCUT2D eigenvalue weighted by Crippen LogP contribution is 2.12. The average molecular weight is 562 g/mol. The molecule has 0 aromatic carbocycles. The van der Waals surface area contributed by atoms with Crippen LogP contribution in [-0.4, -0.2) is 34.9 Å². The lowest BCUT2D eigenvalue weighted by atomic mass is 10.1. The minimum absolute atomic E-state index is 0.0837. The van der Waals surface area contributed by atoms with Crippen molar-refractivity contribution in [2.75, 3.05) is 6.61 Å². The van der Waals surface area contributed by atoms with Gasteiger partial charge in [0.15, 0.2) is 0 Å². The quantitative estimate of drug-likeness (QED) is 0.0603. The van der Waals surface area contributed by atoms with Gasteiger partial charge in [-0.2, -0.15) is 0 Å². The largest absolute Gasteiger partial charge is 0.394 e. The van der Waals surface area contributed by atoms with E-state index in [1.807, 2.05) is 6.08 Å². The van der Waals surface area contributed by atoms with Crippen LogP contribution in [0.3, 0.4) is 0 Å². The summed E-state index contributed by atoms with van der Waals surface area (Å²) >= 11 is 0. The summed E-state index contributed by atoms with van der Waals surface area (Å²) in [4.78, 5) is 12.2. The van der Waals surface area contributed by atoms with Crippen molar-refractivity contribution in [2.24, 2.45) is 0 Å². The van der Waals surface area contributed by atoms with E-state index in [0.717, 1.165) is 38.5 Å². The van der Waals surface area contributed by atoms with Crippen molar-refractivity contribution in [1.29, 1.82) is 0 Å². The number of hydrogen-bond acceptors (Lipinski definition) is 3. The molecule has 40 heavy (non-hydrogen) atoms. The van der Waals surface area contributed by atoms with E-state index in [-0.39, 0.29) is 12.5 Å². The van der Waals surface area contributed by atoms with Gasteiger partial charge in [-0.3, -0.25) is 4.79 Å². The van der Waals surface area contributed by atoms with E-state index in [2.05, 4.69) is 43.5 Å². The molecule has 2 unspecified atom stereocenters. The number of aliphatic hydroxyl groups excluding tert-OH is 2. The van der Waals surface area contributed by atoms with Crippen LogP contribution >= 0.6 is 0 Å². The fraction of sp³-hybridized carbons (Fsp3) is 0.806. The third-order valence-electron chi connectivity index (χ3n) is 7.60. The van der Waals surface area contributed by atoms with Crippen molar-refractivity contribution in [3.8, 4) is 0 Å². The minimum atomic E-state index is -0.864. The van der Waals surface area contributed by atoms with Crippen LogP contribution in [0.4, 0.5) is 0 Å². The number of nitrogens with one attached hydrogen (secondary N) is 1. The second-order valence-electron chi connectivity index (χ2n) is 11.6. The molecule has 2 atom stereocenters. The molecule has 1 amide bonds. The molecule has 234 valence electrons. The fourth-order valence-electron chi connectivity index (χ4n) is 4.91. The van der Waals surface area contributed by atoms with Crippen LogP contribution in [0.2, 0.25) is 0 Å². The van der Waals surface area contributed by atoms with Gasteiger partial charge >= 0.3 is 0 Å². The number of hydrogen-bond donors (Lipinski definition) is 3. The molecule has 4 heteroatoms. The first kappa shape index (κ1) is 38.6. The van der Waals surface area contributed by atoms with Gasteiger partial charge in [-0.1, -0.05) is 153 Å². The second kappa shape index (κ2) is 32.1. The summed E-state index contributed by atoms with van der Waals surface area (Å²) in [5, 5.41) is 22.7. The highest BCUT2D eigenvalue weighted by molar-refractivity contribution is 5.76. The fourth-order valence-corrected chi connectivity index (χ4v) is 4.91. The lowest BCUT2D eigenvalue weighted by Crippen LogP contribution is -2.45. The molecule has 0 radical (unpaired) electrons. The Bertz CT molecular complexity index is 613. The summed E-state index contributed by atoms with van der Waals surface area (Å²) in [5.41, 5.74) is 0. The molecule has 0 rings (SSSR count). The van der Waals surface area contributed by atoms with Gasteiger partial charge in [0.1, 0.15) is 0 Å². The van der Waals surface area contributed by atoms with Crippen molar-refractivity contribution in [1.82, 2.24) is 5.32 Å². The van der Waals surface area contributed by atoms with Crippen LogP contribution < -0.4 is 5.32 Å². The zero-order chi connectivity index (χ0) is 29.4. The zero-order valence-electron chi connectivity index (χ0n) is 26.6. The molecule has 0 aliphatic heterocycles. The van der Waals surface area contributed by atoms with Crippen LogP contribution in [0.15, 0.2) is 36.5 Å². The van der Waals surface area contributed by atoms with Crippen molar-refractivity contribution < 1.29 is 15.0 Å². The highest BCUT2D eigenvalue weighted by atomic mass is 16.3. The molecule has 0 heterocycles. The van der Waals surface area contributed by atoms with Gasteiger partial charge in [0.25, 0.3) is 0 Å². The third kappa shape index (κ3) is 28.1. The Labute approximate surface area is 249 Å². The first-order chi connectivity index (χ1) is 19.7. The van der Waals surface area contributed by atoms with Gasteiger partial charge in [0, 0.05) is 6.42 Å². The Balaban J connectivity index is 3.72. The normalized spacial score (nSPS) is 13.6. The summed E-state index contributed by atoms with van der Waals surface area (Å²) in [7, 11) is 0. The summed E-state index contributed by atoms with van der Waals surface area (Å²) in [5.74, 6) is -0.0837. The summed E-state index contributed by atoms with van der Waals surface area (Å²) < 4.78 is 0. The molecule has 0 aromatic rings. The summed E-state index contributed by atoms with van der Waals surface area (Å²) in [6.45, 7) is 4.25. The van der Waals surface area contributed by atoms with Gasteiger partial charge in [0.05, 0.1) is 18.8 Å². The molecule has 0 aliphatic carbocycles. The van der Waals surface area contributed by atoms with E-state index in [4.69, 9.17) is 0 Å². The van der Waals surface area contributed by atoms with E-state index in [1.165, 1.54) is 109 Å². The number of carbonyl (C=O) groups excluding carboxylic acids is 1. The number of unbranched alkanes of at least 4 members (excludes halogenated alkanes) is 19. The molecule has 0 bridgehead atoms. The SMILES string of the molecule is CCCCCCCCCCC/C=C/CC/C=C/CC/C=C/C(O)C(CO)NC(=O)CCCCCCCCCCC. The first-order valence-corrected chi connectivity index (χ1v) is 17.2. The Morgan fingerprint density at radius 3 is 1.45 bits per heavy atom. The van der Waals surface area contributed by atoms with E-state index in [9.17, 15) is 15.0 Å². The standard InChI is InChI=1S/C36H67NO3/c1-3-5-7-9-11-13-14-15-16-17-18-19-20-21-22-24-25-27-29-31-35(39)34(33-38)37-36(40)32-30-28-26-23-12-10-8-6-4-2/h18-19,22,24,29,31,34-35,38-39H,3-17,20-21,23,25-28,30,32-33H2,1-2H3,(H,37,40)/b19-18+,24-22+,31-29+. The van der Waals surface area contributed by atoms with E-state index in [0.29, 0.717) is 6.42 Å². The predicted molar refractivity (Wildman–Crippen MR) is 175 cm³/mol. The number of carbonyl (C=O) groups is 1. The maximum atomic E-state index is 12.2. The maximum absolute atomic E-state index is 12.2. The van der Waals surface area contributed by atoms with Crippen LogP contribution in [0.5, 0.6) is 0 Å². The number of amides is 1. The Morgan fingerprint density at radius 2 is 0.975 bits per heavy atom. The molecule has 0 saturated carbocycles. The molecule has 0 aromatic heterocycles. The number of rotatable bonds is 30. The topological polar surface area (TPSA) is 69.6 Å². The molecule has 0 aliphatic rings. The van der Waals surface area contributed by atoms with Crippen LogP contribution in [0.25, 0.3) is 0 Å². The van der Waals surface area contributed by atoms with Gasteiger partial charge in [-0.05, 0) is 44.9 Å². The average Bonchev–Trinajstić information content (AvgIpc) is 2.96.